The standard InChI is InChI=1S/C15H15NO3/c1-19-16-15(18)13-10-12(7-8-14(13)17)9-11-5-3-2-4-6-11/h2-8,10,17H,9H2,1H3,(H,16,18). The monoisotopic (exact) mass is 257 g/mol. The molecule has 0 aliphatic heterocycles. The van der Waals surface area contributed by atoms with Gasteiger partial charge in [0.05, 0.1) is 12.7 Å². The molecular weight excluding hydrogens is 242 g/mol. The van der Waals surface area contributed by atoms with Crippen molar-refractivity contribution in [3.8, 4) is 5.75 Å². The van der Waals surface area contributed by atoms with Gasteiger partial charge in [-0.1, -0.05) is 36.4 Å². The van der Waals surface area contributed by atoms with Gasteiger partial charge in [0.2, 0.25) is 0 Å². The van der Waals surface area contributed by atoms with Crippen LogP contribution in [0.2, 0.25) is 0 Å². The first-order chi connectivity index (χ1) is 9.20. The highest BCUT2D eigenvalue weighted by atomic mass is 16.6. The summed E-state index contributed by atoms with van der Waals surface area (Å²) < 4.78 is 0. The average molecular weight is 257 g/mol. The Balaban J connectivity index is 2.23. The van der Waals surface area contributed by atoms with E-state index < -0.39 is 5.91 Å². The van der Waals surface area contributed by atoms with Crippen LogP contribution in [0.1, 0.15) is 21.5 Å². The van der Waals surface area contributed by atoms with Gasteiger partial charge in [-0.2, -0.15) is 0 Å². The smallest absolute Gasteiger partial charge is 0.278 e. The van der Waals surface area contributed by atoms with Gasteiger partial charge in [-0.25, -0.2) is 5.48 Å². The summed E-state index contributed by atoms with van der Waals surface area (Å²) >= 11 is 0. The molecule has 0 saturated heterocycles. The highest BCUT2D eigenvalue weighted by molar-refractivity contribution is 5.96. The zero-order chi connectivity index (χ0) is 13.7. The fourth-order valence-electron chi connectivity index (χ4n) is 1.85. The van der Waals surface area contributed by atoms with Gasteiger partial charge in [-0.15, -0.1) is 0 Å². The van der Waals surface area contributed by atoms with Gasteiger partial charge < -0.3 is 5.11 Å². The molecule has 0 bridgehead atoms. The number of nitrogens with one attached hydrogen (secondary N) is 1. The lowest BCUT2D eigenvalue weighted by Crippen LogP contribution is -2.22. The van der Waals surface area contributed by atoms with Crippen molar-refractivity contribution in [3.63, 3.8) is 0 Å². The molecule has 19 heavy (non-hydrogen) atoms. The molecular formula is C15H15NO3. The Hall–Kier alpha value is -2.33. The number of amides is 1. The lowest BCUT2D eigenvalue weighted by molar-refractivity contribution is 0.0535. The fraction of sp³-hybridized carbons (Fsp3) is 0.133. The topological polar surface area (TPSA) is 58.6 Å². The molecule has 2 aromatic carbocycles. The SMILES string of the molecule is CONC(=O)c1cc(Cc2ccccc2)ccc1O. The van der Waals surface area contributed by atoms with Crippen LogP contribution in [0, 0.1) is 0 Å². The molecule has 98 valence electrons. The summed E-state index contributed by atoms with van der Waals surface area (Å²) in [7, 11) is 1.35. The molecule has 0 spiro atoms. The van der Waals surface area contributed by atoms with Crippen molar-refractivity contribution in [2.24, 2.45) is 0 Å². The molecule has 0 saturated carbocycles. The first-order valence-corrected chi connectivity index (χ1v) is 5.90. The largest absolute Gasteiger partial charge is 0.507 e. The second kappa shape index (κ2) is 6.02. The van der Waals surface area contributed by atoms with E-state index in [4.69, 9.17) is 0 Å². The molecule has 4 heteroatoms. The van der Waals surface area contributed by atoms with Crippen molar-refractivity contribution in [3.05, 3.63) is 65.2 Å². The lowest BCUT2D eigenvalue weighted by atomic mass is 10.0. The van der Waals surface area contributed by atoms with E-state index in [-0.39, 0.29) is 11.3 Å². The third kappa shape index (κ3) is 3.33. The van der Waals surface area contributed by atoms with E-state index in [1.165, 1.54) is 13.2 Å². The Morgan fingerprint density at radius 1 is 1.16 bits per heavy atom. The van der Waals surface area contributed by atoms with E-state index in [1.54, 1.807) is 12.1 Å². The zero-order valence-electron chi connectivity index (χ0n) is 10.6. The van der Waals surface area contributed by atoms with Crippen LogP contribution in [0.25, 0.3) is 0 Å². The van der Waals surface area contributed by atoms with Gasteiger partial charge in [-0.05, 0) is 29.7 Å². The van der Waals surface area contributed by atoms with Crippen molar-refractivity contribution in [2.75, 3.05) is 7.11 Å². The number of benzene rings is 2. The van der Waals surface area contributed by atoms with Crippen LogP contribution in [-0.4, -0.2) is 18.1 Å². The summed E-state index contributed by atoms with van der Waals surface area (Å²) in [5, 5.41) is 9.68. The van der Waals surface area contributed by atoms with E-state index in [1.807, 2.05) is 30.3 Å². The van der Waals surface area contributed by atoms with E-state index in [9.17, 15) is 9.90 Å². The van der Waals surface area contributed by atoms with Crippen molar-refractivity contribution < 1.29 is 14.7 Å². The normalized spacial score (nSPS) is 10.2. The molecule has 2 aromatic rings. The van der Waals surface area contributed by atoms with Gasteiger partial charge in [0.25, 0.3) is 5.91 Å². The van der Waals surface area contributed by atoms with E-state index >= 15 is 0 Å². The number of carbonyl (C=O) groups excluding carboxylic acids is 1. The van der Waals surface area contributed by atoms with Gasteiger partial charge >= 0.3 is 0 Å². The van der Waals surface area contributed by atoms with Crippen molar-refractivity contribution >= 4 is 5.91 Å². The van der Waals surface area contributed by atoms with Gasteiger partial charge in [0.15, 0.2) is 0 Å². The number of hydrogen-bond donors (Lipinski definition) is 2. The van der Waals surface area contributed by atoms with Crippen LogP contribution in [0.3, 0.4) is 0 Å². The van der Waals surface area contributed by atoms with Crippen LogP contribution < -0.4 is 5.48 Å². The molecule has 0 aliphatic carbocycles. The molecule has 2 rings (SSSR count). The number of phenolic OH excluding ortho intramolecular Hbond substituents is 1. The Morgan fingerprint density at radius 2 is 1.89 bits per heavy atom. The minimum absolute atomic E-state index is 0.0636. The van der Waals surface area contributed by atoms with Crippen LogP contribution in [0.5, 0.6) is 5.75 Å². The summed E-state index contributed by atoms with van der Waals surface area (Å²) in [6, 6.07) is 14.9. The lowest BCUT2D eigenvalue weighted by Gasteiger charge is -2.07. The Kier molecular flexibility index (Phi) is 4.15. The summed E-state index contributed by atoms with van der Waals surface area (Å²) in [5.74, 6) is -0.527. The highest BCUT2D eigenvalue weighted by Crippen LogP contribution is 2.20. The Bertz CT molecular complexity index is 567. The second-order valence-electron chi connectivity index (χ2n) is 4.15. The number of phenols is 1. The fourth-order valence-corrected chi connectivity index (χ4v) is 1.85. The molecule has 0 aromatic heterocycles. The van der Waals surface area contributed by atoms with Crippen molar-refractivity contribution in [2.45, 2.75) is 6.42 Å². The molecule has 0 fully saturated rings. The number of hydrogen-bond acceptors (Lipinski definition) is 3. The minimum atomic E-state index is -0.463. The third-order valence-corrected chi connectivity index (χ3v) is 2.75. The molecule has 4 nitrogen and oxygen atoms in total. The number of hydroxylamine groups is 1. The Morgan fingerprint density at radius 3 is 2.58 bits per heavy atom. The summed E-state index contributed by atoms with van der Waals surface area (Å²) in [4.78, 5) is 16.2. The quantitative estimate of drug-likeness (QED) is 0.826. The van der Waals surface area contributed by atoms with E-state index in [2.05, 4.69) is 10.3 Å². The third-order valence-electron chi connectivity index (χ3n) is 2.75. The van der Waals surface area contributed by atoms with Crippen molar-refractivity contribution in [1.82, 2.24) is 5.48 Å². The average Bonchev–Trinajstić information content (AvgIpc) is 2.42. The van der Waals surface area contributed by atoms with Crippen LogP contribution in [-0.2, 0) is 11.3 Å². The summed E-state index contributed by atoms with van der Waals surface area (Å²) in [6.45, 7) is 0. The van der Waals surface area contributed by atoms with Crippen LogP contribution >= 0.6 is 0 Å². The van der Waals surface area contributed by atoms with Gasteiger partial charge in [-0.3, -0.25) is 9.63 Å². The van der Waals surface area contributed by atoms with E-state index in [0.717, 1.165) is 11.1 Å². The number of rotatable bonds is 4. The van der Waals surface area contributed by atoms with Crippen LogP contribution in [0.4, 0.5) is 0 Å². The highest BCUT2D eigenvalue weighted by Gasteiger charge is 2.11. The summed E-state index contributed by atoms with van der Waals surface area (Å²) in [5.41, 5.74) is 4.49. The number of carbonyl (C=O) groups is 1. The van der Waals surface area contributed by atoms with Crippen LogP contribution in [0.15, 0.2) is 48.5 Å². The maximum atomic E-state index is 11.7. The maximum Gasteiger partial charge on any atom is 0.278 e. The van der Waals surface area contributed by atoms with E-state index in [0.29, 0.717) is 6.42 Å². The molecule has 2 N–H and O–H groups in total. The second-order valence-corrected chi connectivity index (χ2v) is 4.15. The molecule has 1 amide bonds. The molecule has 0 unspecified atom stereocenters. The number of aromatic hydroxyl groups is 1. The predicted octanol–water partition coefficient (Wildman–Crippen LogP) is 2.27. The predicted molar refractivity (Wildman–Crippen MR) is 71.8 cm³/mol. The first kappa shape index (κ1) is 13.1. The van der Waals surface area contributed by atoms with Crippen molar-refractivity contribution in [1.29, 1.82) is 0 Å². The van der Waals surface area contributed by atoms with Gasteiger partial charge in [0.1, 0.15) is 5.75 Å². The molecule has 0 radical (unpaired) electrons. The molecule has 0 heterocycles. The molecule has 0 aliphatic rings. The first-order valence-electron chi connectivity index (χ1n) is 5.90. The maximum absolute atomic E-state index is 11.7. The Labute approximate surface area is 111 Å². The molecule has 0 atom stereocenters. The van der Waals surface area contributed by atoms with Gasteiger partial charge in [0, 0.05) is 0 Å². The zero-order valence-corrected chi connectivity index (χ0v) is 10.6. The minimum Gasteiger partial charge on any atom is -0.507 e. The summed E-state index contributed by atoms with van der Waals surface area (Å²) in [6.07, 6.45) is 0.703.